The van der Waals surface area contributed by atoms with Gasteiger partial charge in [-0.1, -0.05) is 50.1 Å². The molecule has 26 heavy (non-hydrogen) atoms. The molecule has 0 saturated heterocycles. The van der Waals surface area contributed by atoms with Crippen molar-refractivity contribution < 1.29 is 23.1 Å². The standard InChI is InChI=1S/C17H11Br2F3N2O2/c18-12-5-1-3-10(7-12)14-9-16(26,17(20,21)22)24(23-14)15(25)11-4-2-6-13(19)8-11/h1-8,26H,9H2/t16-/m0/s1. The number of carbonyl (C=O) groups excluding carboxylic acids is 1. The molecule has 0 radical (unpaired) electrons. The Morgan fingerprint density at radius 2 is 1.73 bits per heavy atom. The van der Waals surface area contributed by atoms with Crippen molar-refractivity contribution in [1.29, 1.82) is 0 Å². The van der Waals surface area contributed by atoms with Gasteiger partial charge in [0.1, 0.15) is 0 Å². The largest absolute Gasteiger partial charge is 0.438 e. The van der Waals surface area contributed by atoms with Crippen LogP contribution in [0.2, 0.25) is 0 Å². The minimum absolute atomic E-state index is 0.0266. The summed E-state index contributed by atoms with van der Waals surface area (Å²) in [5, 5.41) is 14.3. The summed E-state index contributed by atoms with van der Waals surface area (Å²) in [5.74, 6) is -1.05. The molecular weight excluding hydrogens is 481 g/mol. The number of amides is 1. The lowest BCUT2D eigenvalue weighted by molar-refractivity contribution is -0.297. The number of rotatable bonds is 2. The van der Waals surface area contributed by atoms with E-state index in [4.69, 9.17) is 0 Å². The first kappa shape index (κ1) is 19.1. The summed E-state index contributed by atoms with van der Waals surface area (Å²) < 4.78 is 41.9. The predicted octanol–water partition coefficient (Wildman–Crippen LogP) is 4.71. The van der Waals surface area contributed by atoms with Gasteiger partial charge in [0.05, 0.1) is 12.1 Å². The Kier molecular flexibility index (Phi) is 4.98. The van der Waals surface area contributed by atoms with Gasteiger partial charge in [-0.15, -0.1) is 0 Å². The van der Waals surface area contributed by atoms with Crippen LogP contribution in [-0.4, -0.2) is 33.6 Å². The first-order valence-corrected chi connectivity index (χ1v) is 8.93. The highest BCUT2D eigenvalue weighted by atomic mass is 79.9. The predicted molar refractivity (Wildman–Crippen MR) is 96.6 cm³/mol. The van der Waals surface area contributed by atoms with Crippen molar-refractivity contribution >= 4 is 43.5 Å². The fourth-order valence-electron chi connectivity index (χ4n) is 2.55. The number of halogens is 5. The summed E-state index contributed by atoms with van der Waals surface area (Å²) in [6.45, 7) is 0. The number of hydrazone groups is 1. The van der Waals surface area contributed by atoms with E-state index in [1.165, 1.54) is 18.2 Å². The molecule has 9 heteroatoms. The molecule has 3 rings (SSSR count). The van der Waals surface area contributed by atoms with Crippen LogP contribution < -0.4 is 0 Å². The Bertz CT molecular complexity index is 902. The summed E-state index contributed by atoms with van der Waals surface area (Å²) in [4.78, 5) is 12.6. The molecule has 0 saturated carbocycles. The number of carbonyl (C=O) groups is 1. The Labute approximate surface area is 163 Å². The second-order valence-electron chi connectivity index (χ2n) is 5.68. The van der Waals surface area contributed by atoms with Gasteiger partial charge in [-0.3, -0.25) is 4.79 Å². The lowest BCUT2D eigenvalue weighted by atomic mass is 10.0. The molecule has 1 aliphatic rings. The number of aliphatic hydroxyl groups is 1. The van der Waals surface area contributed by atoms with Gasteiger partial charge in [0, 0.05) is 14.5 Å². The van der Waals surface area contributed by atoms with Crippen LogP contribution in [0.25, 0.3) is 0 Å². The third kappa shape index (κ3) is 3.43. The van der Waals surface area contributed by atoms with Crippen molar-refractivity contribution in [3.05, 3.63) is 68.6 Å². The molecule has 1 atom stereocenters. The molecule has 1 aliphatic heterocycles. The van der Waals surface area contributed by atoms with Crippen LogP contribution in [0, 0.1) is 0 Å². The molecule has 0 unspecified atom stereocenters. The topological polar surface area (TPSA) is 52.9 Å². The quantitative estimate of drug-likeness (QED) is 0.661. The molecule has 0 aliphatic carbocycles. The smallest absolute Gasteiger partial charge is 0.362 e. The molecule has 0 spiro atoms. The minimum atomic E-state index is -5.08. The van der Waals surface area contributed by atoms with E-state index in [2.05, 4.69) is 37.0 Å². The van der Waals surface area contributed by atoms with Gasteiger partial charge in [-0.25, -0.2) is 0 Å². The van der Waals surface area contributed by atoms with E-state index in [9.17, 15) is 23.1 Å². The average molecular weight is 492 g/mol. The Morgan fingerprint density at radius 3 is 2.31 bits per heavy atom. The van der Waals surface area contributed by atoms with Crippen molar-refractivity contribution in [2.45, 2.75) is 18.3 Å². The van der Waals surface area contributed by atoms with E-state index in [1.807, 2.05) is 0 Å². The van der Waals surface area contributed by atoms with Gasteiger partial charge < -0.3 is 5.11 Å². The fourth-order valence-corrected chi connectivity index (χ4v) is 3.35. The summed E-state index contributed by atoms with van der Waals surface area (Å²) in [7, 11) is 0. The van der Waals surface area contributed by atoms with E-state index >= 15 is 0 Å². The molecule has 2 aromatic carbocycles. The second kappa shape index (κ2) is 6.79. The highest BCUT2D eigenvalue weighted by molar-refractivity contribution is 9.10. The van der Waals surface area contributed by atoms with E-state index in [0.717, 1.165) is 0 Å². The molecule has 136 valence electrons. The van der Waals surface area contributed by atoms with Gasteiger partial charge >= 0.3 is 6.18 Å². The van der Waals surface area contributed by atoms with Gasteiger partial charge in [0.25, 0.3) is 11.6 Å². The second-order valence-corrected chi connectivity index (χ2v) is 7.51. The maximum atomic E-state index is 13.6. The summed E-state index contributed by atoms with van der Waals surface area (Å²) >= 11 is 6.41. The SMILES string of the molecule is O=C(c1cccc(Br)c1)N1N=C(c2cccc(Br)c2)C[C@]1(O)C(F)(F)F. The molecule has 0 aromatic heterocycles. The molecule has 4 nitrogen and oxygen atoms in total. The highest BCUT2D eigenvalue weighted by Crippen LogP contribution is 2.42. The lowest BCUT2D eigenvalue weighted by Gasteiger charge is -2.32. The maximum absolute atomic E-state index is 13.6. The first-order chi connectivity index (χ1) is 12.1. The van der Waals surface area contributed by atoms with E-state index in [-0.39, 0.29) is 16.3 Å². The van der Waals surface area contributed by atoms with Crippen LogP contribution in [0.1, 0.15) is 22.3 Å². The highest BCUT2D eigenvalue weighted by Gasteiger charge is 2.63. The summed E-state index contributed by atoms with van der Waals surface area (Å²) in [5.41, 5.74) is -3.09. The minimum Gasteiger partial charge on any atom is -0.362 e. The zero-order valence-corrected chi connectivity index (χ0v) is 16.1. The van der Waals surface area contributed by atoms with Gasteiger partial charge in [0.2, 0.25) is 0 Å². The van der Waals surface area contributed by atoms with Crippen molar-refractivity contribution in [1.82, 2.24) is 5.01 Å². The molecule has 1 N–H and O–H groups in total. The number of hydrogen-bond donors (Lipinski definition) is 1. The van der Waals surface area contributed by atoms with E-state index < -0.39 is 24.2 Å². The Balaban J connectivity index is 2.07. The molecule has 2 aromatic rings. The van der Waals surface area contributed by atoms with Gasteiger partial charge in [-0.2, -0.15) is 23.3 Å². The van der Waals surface area contributed by atoms with Crippen LogP contribution in [0.5, 0.6) is 0 Å². The molecule has 0 fully saturated rings. The van der Waals surface area contributed by atoms with Crippen LogP contribution in [0.15, 0.2) is 62.6 Å². The van der Waals surface area contributed by atoms with Crippen LogP contribution in [0.3, 0.4) is 0 Å². The number of nitrogens with zero attached hydrogens (tertiary/aromatic N) is 2. The van der Waals surface area contributed by atoms with E-state index in [1.54, 1.807) is 30.3 Å². The zero-order valence-electron chi connectivity index (χ0n) is 13.0. The summed E-state index contributed by atoms with van der Waals surface area (Å²) in [6.07, 6.45) is -5.93. The van der Waals surface area contributed by atoms with Gasteiger partial charge in [0.15, 0.2) is 0 Å². The third-order valence-electron chi connectivity index (χ3n) is 3.86. The van der Waals surface area contributed by atoms with Crippen molar-refractivity contribution in [3.8, 4) is 0 Å². The average Bonchev–Trinajstić information content (AvgIpc) is 2.93. The monoisotopic (exact) mass is 490 g/mol. The van der Waals surface area contributed by atoms with E-state index in [0.29, 0.717) is 14.5 Å². The molecule has 1 heterocycles. The zero-order chi connectivity index (χ0) is 19.1. The first-order valence-electron chi connectivity index (χ1n) is 7.34. The molecular formula is C17H11Br2F3N2O2. The van der Waals surface area contributed by atoms with Crippen LogP contribution in [0.4, 0.5) is 13.2 Å². The lowest BCUT2D eigenvalue weighted by Crippen LogP contribution is -2.56. The molecule has 1 amide bonds. The molecule has 0 bridgehead atoms. The number of benzene rings is 2. The van der Waals surface area contributed by atoms with Crippen molar-refractivity contribution in [3.63, 3.8) is 0 Å². The van der Waals surface area contributed by atoms with Crippen LogP contribution >= 0.6 is 31.9 Å². The van der Waals surface area contributed by atoms with Crippen LogP contribution in [-0.2, 0) is 0 Å². The summed E-state index contributed by atoms with van der Waals surface area (Å²) in [6, 6.07) is 12.3. The normalized spacial score (nSPS) is 20.2. The Morgan fingerprint density at radius 1 is 1.12 bits per heavy atom. The van der Waals surface area contributed by atoms with Crippen molar-refractivity contribution in [2.24, 2.45) is 5.10 Å². The van der Waals surface area contributed by atoms with Crippen molar-refractivity contribution in [2.75, 3.05) is 0 Å². The number of alkyl halides is 3. The third-order valence-corrected chi connectivity index (χ3v) is 4.85. The van der Waals surface area contributed by atoms with Gasteiger partial charge in [-0.05, 0) is 35.9 Å². The Hall–Kier alpha value is -1.71. The fraction of sp³-hybridized carbons (Fsp3) is 0.176. The number of hydrogen-bond acceptors (Lipinski definition) is 3. The maximum Gasteiger partial charge on any atom is 0.438 e.